The molecule has 0 aliphatic carbocycles. The van der Waals surface area contributed by atoms with E-state index in [4.69, 9.17) is 5.26 Å². The van der Waals surface area contributed by atoms with E-state index in [-0.39, 0.29) is 5.91 Å². The Morgan fingerprint density at radius 1 is 1.18 bits per heavy atom. The van der Waals surface area contributed by atoms with Gasteiger partial charge in [-0.25, -0.2) is 4.98 Å². The number of hydrogen-bond acceptors (Lipinski definition) is 7. The molecule has 2 rings (SSSR count). The molecule has 0 fully saturated rings. The van der Waals surface area contributed by atoms with Crippen LogP contribution in [-0.2, 0) is 4.79 Å². The minimum absolute atomic E-state index is 0.00779. The van der Waals surface area contributed by atoms with Crippen molar-refractivity contribution in [3.8, 4) is 17.9 Å². The molecule has 1 amide bonds. The lowest BCUT2D eigenvalue weighted by atomic mass is 10.2. The monoisotopic (exact) mass is 447 g/mol. The molecule has 0 spiro atoms. The summed E-state index contributed by atoms with van der Waals surface area (Å²) in [5, 5.41) is 21.4. The third-order valence-corrected chi connectivity index (χ3v) is 4.46. The quantitative estimate of drug-likeness (QED) is 0.291. The molecule has 1 aromatic heterocycles. The lowest BCUT2D eigenvalue weighted by Crippen LogP contribution is -2.35. The van der Waals surface area contributed by atoms with E-state index in [0.29, 0.717) is 42.8 Å². The molecular weight excluding hydrogens is 414 g/mol. The second-order valence-corrected chi connectivity index (χ2v) is 7.98. The second kappa shape index (κ2) is 14.4. The molecule has 33 heavy (non-hydrogen) atoms. The fraction of sp³-hybridized carbons (Fsp3) is 0.440. The van der Waals surface area contributed by atoms with Gasteiger partial charge in [-0.05, 0) is 49.6 Å². The summed E-state index contributed by atoms with van der Waals surface area (Å²) in [4.78, 5) is 20.7. The van der Waals surface area contributed by atoms with Crippen molar-refractivity contribution in [1.82, 2.24) is 20.6 Å². The average molecular weight is 448 g/mol. The topological polar surface area (TPSA) is 115 Å². The number of benzene rings is 1. The van der Waals surface area contributed by atoms with Crippen LogP contribution in [0.1, 0.15) is 51.2 Å². The van der Waals surface area contributed by atoms with Crippen molar-refractivity contribution in [1.29, 1.82) is 5.26 Å². The molecule has 0 saturated carbocycles. The van der Waals surface area contributed by atoms with Crippen LogP contribution in [0.15, 0.2) is 30.5 Å². The van der Waals surface area contributed by atoms with E-state index in [9.17, 15) is 4.79 Å². The van der Waals surface area contributed by atoms with Crippen molar-refractivity contribution < 1.29 is 4.79 Å². The zero-order chi connectivity index (χ0) is 23.9. The van der Waals surface area contributed by atoms with E-state index >= 15 is 0 Å². The predicted octanol–water partition coefficient (Wildman–Crippen LogP) is 3.41. The fourth-order valence-corrected chi connectivity index (χ4v) is 2.77. The number of carbonyl (C=O) groups is 1. The molecule has 0 atom stereocenters. The van der Waals surface area contributed by atoms with Crippen LogP contribution in [0, 0.1) is 29.1 Å². The Bertz CT molecular complexity index is 985. The van der Waals surface area contributed by atoms with Gasteiger partial charge in [-0.2, -0.15) is 10.2 Å². The normalized spacial score (nSPS) is 10.2. The summed E-state index contributed by atoms with van der Waals surface area (Å²) in [6.07, 6.45) is 4.10. The van der Waals surface area contributed by atoms with E-state index in [0.717, 1.165) is 37.2 Å². The van der Waals surface area contributed by atoms with Crippen LogP contribution in [0.3, 0.4) is 0 Å². The number of nitrogens with zero attached hydrogens (tertiary/aromatic N) is 3. The van der Waals surface area contributed by atoms with E-state index in [1.165, 1.54) is 0 Å². The van der Waals surface area contributed by atoms with Gasteiger partial charge in [0.05, 0.1) is 29.9 Å². The van der Waals surface area contributed by atoms with Crippen molar-refractivity contribution >= 4 is 23.4 Å². The molecule has 8 heteroatoms. The van der Waals surface area contributed by atoms with Gasteiger partial charge in [0.15, 0.2) is 0 Å². The SMILES string of the molecule is CCCNc1nc(Nc2ccc(C#N)cc2)ncc1C#CCCCNC(=O)CNCC(C)C. The third-order valence-electron chi connectivity index (χ3n) is 4.46. The van der Waals surface area contributed by atoms with Crippen LogP contribution in [-0.4, -0.2) is 42.1 Å². The minimum Gasteiger partial charge on any atom is -0.369 e. The first kappa shape index (κ1) is 25.6. The van der Waals surface area contributed by atoms with Gasteiger partial charge in [0.25, 0.3) is 0 Å². The number of aromatic nitrogens is 2. The fourth-order valence-electron chi connectivity index (χ4n) is 2.77. The average Bonchev–Trinajstić information content (AvgIpc) is 2.81. The molecule has 0 bridgehead atoms. The van der Waals surface area contributed by atoms with Gasteiger partial charge >= 0.3 is 0 Å². The highest BCUT2D eigenvalue weighted by molar-refractivity contribution is 5.77. The number of nitrogens with one attached hydrogen (secondary N) is 4. The van der Waals surface area contributed by atoms with Gasteiger partial charge in [0, 0.05) is 25.2 Å². The maximum Gasteiger partial charge on any atom is 0.233 e. The standard InChI is InChI=1S/C25H33N7O/c1-4-13-29-24-21(8-6-5-7-14-28-23(33)18-27-16-19(2)3)17-30-25(32-24)31-22-11-9-20(15-26)10-12-22/h9-12,17,19,27H,4-5,7,13-14,16,18H2,1-3H3,(H,28,33)(H2,29,30,31,32). The maximum atomic E-state index is 11.8. The van der Waals surface area contributed by atoms with Gasteiger partial charge in [-0.1, -0.05) is 32.6 Å². The summed E-state index contributed by atoms with van der Waals surface area (Å²) in [6, 6.07) is 9.20. The third kappa shape index (κ3) is 10.0. The minimum atomic E-state index is 0.00779. The zero-order valence-electron chi connectivity index (χ0n) is 19.7. The molecule has 0 aliphatic rings. The van der Waals surface area contributed by atoms with Gasteiger partial charge in [0.2, 0.25) is 11.9 Å². The van der Waals surface area contributed by atoms with E-state index in [1.54, 1.807) is 18.3 Å². The Morgan fingerprint density at radius 2 is 1.97 bits per heavy atom. The molecule has 174 valence electrons. The largest absolute Gasteiger partial charge is 0.369 e. The van der Waals surface area contributed by atoms with Gasteiger partial charge in [-0.15, -0.1) is 0 Å². The number of nitriles is 1. The first-order valence-electron chi connectivity index (χ1n) is 11.4. The van der Waals surface area contributed by atoms with Crippen molar-refractivity contribution in [3.05, 3.63) is 41.6 Å². The first-order valence-corrected chi connectivity index (χ1v) is 11.4. The summed E-state index contributed by atoms with van der Waals surface area (Å²) in [6.45, 7) is 8.85. The number of unbranched alkanes of at least 4 members (excludes halogenated alkanes) is 1. The van der Waals surface area contributed by atoms with Gasteiger partial charge in [0.1, 0.15) is 5.82 Å². The summed E-state index contributed by atoms with van der Waals surface area (Å²) in [7, 11) is 0. The van der Waals surface area contributed by atoms with Crippen molar-refractivity contribution in [2.45, 2.75) is 40.0 Å². The van der Waals surface area contributed by atoms with Crippen LogP contribution in [0.4, 0.5) is 17.5 Å². The van der Waals surface area contributed by atoms with Crippen molar-refractivity contribution in [2.75, 3.05) is 36.8 Å². The molecule has 0 radical (unpaired) electrons. The van der Waals surface area contributed by atoms with Crippen LogP contribution in [0.5, 0.6) is 0 Å². The van der Waals surface area contributed by atoms with Crippen LogP contribution in [0.25, 0.3) is 0 Å². The molecule has 0 saturated heterocycles. The Labute approximate surface area is 196 Å². The van der Waals surface area contributed by atoms with Crippen LogP contribution >= 0.6 is 0 Å². The smallest absolute Gasteiger partial charge is 0.233 e. The lowest BCUT2D eigenvalue weighted by Gasteiger charge is -2.10. The molecule has 1 aromatic carbocycles. The molecule has 4 N–H and O–H groups in total. The Balaban J connectivity index is 1.89. The summed E-state index contributed by atoms with van der Waals surface area (Å²) >= 11 is 0. The maximum absolute atomic E-state index is 11.8. The van der Waals surface area contributed by atoms with Gasteiger partial charge < -0.3 is 21.3 Å². The summed E-state index contributed by atoms with van der Waals surface area (Å²) in [5.74, 6) is 7.95. The molecule has 8 nitrogen and oxygen atoms in total. The Hall–Kier alpha value is -3.62. The molecule has 0 unspecified atom stereocenters. The van der Waals surface area contributed by atoms with E-state index in [2.05, 4.69) is 69.9 Å². The molecule has 0 aliphatic heterocycles. The van der Waals surface area contributed by atoms with E-state index < -0.39 is 0 Å². The van der Waals surface area contributed by atoms with E-state index in [1.807, 2.05) is 12.1 Å². The Morgan fingerprint density at radius 3 is 2.67 bits per heavy atom. The Kier molecular flexibility index (Phi) is 11.2. The highest BCUT2D eigenvalue weighted by Crippen LogP contribution is 2.17. The second-order valence-electron chi connectivity index (χ2n) is 7.98. The van der Waals surface area contributed by atoms with Crippen LogP contribution in [0.2, 0.25) is 0 Å². The molecule has 2 aromatic rings. The van der Waals surface area contributed by atoms with Crippen molar-refractivity contribution in [2.24, 2.45) is 5.92 Å². The molecular formula is C25H33N7O. The first-order chi connectivity index (χ1) is 16.0. The zero-order valence-corrected chi connectivity index (χ0v) is 19.7. The highest BCUT2D eigenvalue weighted by Gasteiger charge is 2.06. The lowest BCUT2D eigenvalue weighted by molar-refractivity contribution is -0.120. The highest BCUT2D eigenvalue weighted by atomic mass is 16.1. The molecule has 1 heterocycles. The summed E-state index contributed by atoms with van der Waals surface area (Å²) in [5.41, 5.74) is 2.13. The number of rotatable bonds is 12. The van der Waals surface area contributed by atoms with Gasteiger partial charge in [-0.3, -0.25) is 4.79 Å². The number of anilines is 3. The number of hydrogen-bond donors (Lipinski definition) is 4. The predicted molar refractivity (Wildman–Crippen MR) is 132 cm³/mol. The van der Waals surface area contributed by atoms with Crippen molar-refractivity contribution in [3.63, 3.8) is 0 Å². The van der Waals surface area contributed by atoms with Crippen LogP contribution < -0.4 is 21.3 Å². The number of carbonyl (C=O) groups excluding carboxylic acids is 1. The summed E-state index contributed by atoms with van der Waals surface area (Å²) < 4.78 is 0. The number of amides is 1.